The molecule has 1 saturated heterocycles. The van der Waals surface area contributed by atoms with E-state index in [1.54, 1.807) is 14.2 Å². The van der Waals surface area contributed by atoms with Gasteiger partial charge in [-0.3, -0.25) is 4.79 Å². The van der Waals surface area contributed by atoms with Gasteiger partial charge < -0.3 is 14.4 Å². The van der Waals surface area contributed by atoms with Gasteiger partial charge in [0.15, 0.2) is 0 Å². The number of ether oxygens (including phenoxy) is 2. The van der Waals surface area contributed by atoms with Crippen LogP contribution in [0.5, 0.6) is 0 Å². The monoisotopic (exact) mass is 331 g/mol. The molecule has 0 aromatic rings. The number of amides is 1. The Morgan fingerprint density at radius 3 is 2.79 bits per heavy atom. The van der Waals surface area contributed by atoms with Crippen molar-refractivity contribution in [3.8, 4) is 0 Å². The summed E-state index contributed by atoms with van der Waals surface area (Å²) < 4.78 is 11.0. The Balaban J connectivity index is 2.24. The first kappa shape index (κ1) is 15.0. The van der Waals surface area contributed by atoms with E-state index in [-0.39, 0.29) is 11.8 Å². The van der Waals surface area contributed by atoms with Crippen molar-refractivity contribution in [2.24, 2.45) is 5.92 Å². The lowest BCUT2D eigenvalue weighted by molar-refractivity contribution is -0.221. The SMILES string of the molecule is COC1(OC)C(=O)N(CCCCBr)C2=CCCCC21. The summed E-state index contributed by atoms with van der Waals surface area (Å²) in [6.45, 7) is 0.751. The number of hydrogen-bond donors (Lipinski definition) is 0. The number of alkyl halides is 1. The highest BCUT2D eigenvalue weighted by atomic mass is 79.9. The zero-order valence-electron chi connectivity index (χ0n) is 11.7. The summed E-state index contributed by atoms with van der Waals surface area (Å²) in [7, 11) is 3.13. The number of fused-ring (bicyclic) bond motifs is 1. The third-order valence-corrected chi connectivity index (χ3v) is 4.65. The topological polar surface area (TPSA) is 38.8 Å². The van der Waals surface area contributed by atoms with Crippen LogP contribution in [0.3, 0.4) is 0 Å². The molecule has 1 aliphatic heterocycles. The summed E-state index contributed by atoms with van der Waals surface area (Å²) in [4.78, 5) is 14.5. The Bertz CT molecular complexity index is 366. The van der Waals surface area contributed by atoms with Crippen molar-refractivity contribution >= 4 is 21.8 Å². The van der Waals surface area contributed by atoms with E-state index in [9.17, 15) is 4.79 Å². The number of methoxy groups -OCH3 is 2. The molecule has 1 unspecified atom stereocenters. The number of likely N-dealkylation sites (tertiary alicyclic amines) is 1. The van der Waals surface area contributed by atoms with E-state index in [2.05, 4.69) is 22.0 Å². The molecule has 1 atom stereocenters. The van der Waals surface area contributed by atoms with Crippen LogP contribution in [-0.2, 0) is 14.3 Å². The van der Waals surface area contributed by atoms with Gasteiger partial charge in [0.1, 0.15) is 0 Å². The van der Waals surface area contributed by atoms with E-state index < -0.39 is 5.79 Å². The molecule has 0 bridgehead atoms. The van der Waals surface area contributed by atoms with Crippen molar-refractivity contribution in [3.63, 3.8) is 0 Å². The summed E-state index contributed by atoms with van der Waals surface area (Å²) in [5.41, 5.74) is 1.11. The fourth-order valence-corrected chi connectivity index (χ4v) is 3.53. The molecule has 0 aromatic heterocycles. The molecule has 0 saturated carbocycles. The number of carbonyl (C=O) groups is 1. The van der Waals surface area contributed by atoms with Gasteiger partial charge in [-0.15, -0.1) is 0 Å². The van der Waals surface area contributed by atoms with Gasteiger partial charge in [-0.25, -0.2) is 0 Å². The summed E-state index contributed by atoms with van der Waals surface area (Å²) in [6, 6.07) is 0. The summed E-state index contributed by atoms with van der Waals surface area (Å²) >= 11 is 3.43. The third kappa shape index (κ3) is 2.48. The second-order valence-electron chi connectivity index (χ2n) is 5.04. The fourth-order valence-electron chi connectivity index (χ4n) is 3.14. The number of rotatable bonds is 6. The van der Waals surface area contributed by atoms with Crippen LogP contribution in [0.15, 0.2) is 11.8 Å². The van der Waals surface area contributed by atoms with Crippen LogP contribution in [0.1, 0.15) is 32.1 Å². The van der Waals surface area contributed by atoms with Crippen molar-refractivity contribution < 1.29 is 14.3 Å². The zero-order valence-corrected chi connectivity index (χ0v) is 13.2. The van der Waals surface area contributed by atoms with Crippen LogP contribution in [0.25, 0.3) is 0 Å². The number of unbranched alkanes of at least 4 members (excludes halogenated alkanes) is 1. The first-order valence-corrected chi connectivity index (χ1v) is 8.01. The molecule has 19 heavy (non-hydrogen) atoms. The van der Waals surface area contributed by atoms with Gasteiger partial charge in [0, 0.05) is 31.8 Å². The molecule has 0 N–H and O–H groups in total. The quantitative estimate of drug-likeness (QED) is 0.426. The average Bonchev–Trinajstić information content (AvgIpc) is 2.69. The highest BCUT2D eigenvalue weighted by molar-refractivity contribution is 9.09. The smallest absolute Gasteiger partial charge is 0.287 e. The third-order valence-electron chi connectivity index (χ3n) is 4.09. The Morgan fingerprint density at radius 1 is 1.42 bits per heavy atom. The molecule has 2 aliphatic rings. The minimum atomic E-state index is -1.10. The van der Waals surface area contributed by atoms with Gasteiger partial charge in [0.2, 0.25) is 0 Å². The molecule has 5 heteroatoms. The number of nitrogens with zero attached hydrogens (tertiary/aromatic N) is 1. The van der Waals surface area contributed by atoms with E-state index in [4.69, 9.17) is 9.47 Å². The predicted octanol–water partition coefficient (Wildman–Crippen LogP) is 2.68. The molecular weight excluding hydrogens is 310 g/mol. The second kappa shape index (κ2) is 6.37. The zero-order chi connectivity index (χ0) is 13.9. The maximum Gasteiger partial charge on any atom is 0.287 e. The Morgan fingerprint density at radius 2 is 2.16 bits per heavy atom. The lowest BCUT2D eigenvalue weighted by atomic mass is 9.88. The van der Waals surface area contributed by atoms with Gasteiger partial charge >= 0.3 is 0 Å². The predicted molar refractivity (Wildman–Crippen MR) is 76.9 cm³/mol. The van der Waals surface area contributed by atoms with Crippen molar-refractivity contribution in [1.82, 2.24) is 4.90 Å². The average molecular weight is 332 g/mol. The molecular formula is C14H22BrNO3. The maximum absolute atomic E-state index is 12.7. The first-order chi connectivity index (χ1) is 9.21. The van der Waals surface area contributed by atoms with E-state index in [1.165, 1.54) is 0 Å². The van der Waals surface area contributed by atoms with E-state index in [1.807, 2.05) is 4.90 Å². The number of allylic oxidation sites excluding steroid dienone is 1. The molecule has 108 valence electrons. The maximum atomic E-state index is 12.7. The minimum absolute atomic E-state index is 0.0368. The molecule has 1 amide bonds. The molecule has 1 aliphatic carbocycles. The summed E-state index contributed by atoms with van der Waals surface area (Å²) in [6.07, 6.45) is 7.32. The van der Waals surface area contributed by atoms with E-state index in [0.717, 1.165) is 49.7 Å². The van der Waals surface area contributed by atoms with Gasteiger partial charge in [-0.2, -0.15) is 0 Å². The fraction of sp³-hybridized carbons (Fsp3) is 0.786. The van der Waals surface area contributed by atoms with Gasteiger partial charge in [0.05, 0.1) is 5.92 Å². The van der Waals surface area contributed by atoms with Crippen LogP contribution in [-0.4, -0.2) is 42.7 Å². The van der Waals surface area contributed by atoms with Gasteiger partial charge in [-0.1, -0.05) is 22.0 Å². The summed E-state index contributed by atoms with van der Waals surface area (Å²) in [5, 5.41) is 0.969. The van der Waals surface area contributed by atoms with E-state index in [0.29, 0.717) is 0 Å². The molecule has 4 nitrogen and oxygen atoms in total. The first-order valence-electron chi connectivity index (χ1n) is 6.89. The van der Waals surface area contributed by atoms with Crippen molar-refractivity contribution in [3.05, 3.63) is 11.8 Å². The molecule has 0 radical (unpaired) electrons. The second-order valence-corrected chi connectivity index (χ2v) is 5.83. The Kier molecular flexibility index (Phi) is 5.03. The van der Waals surface area contributed by atoms with Gasteiger partial charge in [-0.05, 0) is 32.1 Å². The van der Waals surface area contributed by atoms with Crippen LogP contribution in [0.4, 0.5) is 0 Å². The van der Waals surface area contributed by atoms with Crippen LogP contribution < -0.4 is 0 Å². The number of carbonyl (C=O) groups excluding carboxylic acids is 1. The van der Waals surface area contributed by atoms with Crippen LogP contribution in [0.2, 0.25) is 0 Å². The highest BCUT2D eigenvalue weighted by Gasteiger charge is 2.58. The Hall–Kier alpha value is -0.390. The van der Waals surface area contributed by atoms with Crippen LogP contribution >= 0.6 is 15.9 Å². The lowest BCUT2D eigenvalue weighted by Crippen LogP contribution is -2.47. The highest BCUT2D eigenvalue weighted by Crippen LogP contribution is 2.45. The van der Waals surface area contributed by atoms with Crippen molar-refractivity contribution in [1.29, 1.82) is 0 Å². The molecule has 0 spiro atoms. The largest absolute Gasteiger partial charge is 0.345 e. The summed E-state index contributed by atoms with van der Waals surface area (Å²) in [5.74, 6) is -1.08. The normalized spacial score (nSPS) is 25.4. The van der Waals surface area contributed by atoms with Crippen LogP contribution in [0, 0.1) is 5.92 Å². The van der Waals surface area contributed by atoms with Crippen molar-refractivity contribution in [2.45, 2.75) is 37.9 Å². The number of halogens is 1. The minimum Gasteiger partial charge on any atom is -0.345 e. The Labute approximate surface area is 123 Å². The molecule has 1 heterocycles. The molecule has 2 rings (SSSR count). The lowest BCUT2D eigenvalue weighted by Gasteiger charge is -2.30. The molecule has 1 fully saturated rings. The van der Waals surface area contributed by atoms with Crippen molar-refractivity contribution in [2.75, 3.05) is 26.1 Å². The van der Waals surface area contributed by atoms with Gasteiger partial charge in [0.25, 0.3) is 11.7 Å². The number of hydrogen-bond acceptors (Lipinski definition) is 3. The molecule has 0 aromatic carbocycles. The van der Waals surface area contributed by atoms with E-state index >= 15 is 0 Å². The standard InChI is InChI=1S/C14H22BrNO3/c1-18-14(19-2)11-7-3-4-8-12(11)16(13(14)17)10-6-5-9-15/h8,11H,3-7,9-10H2,1-2H3.